The highest BCUT2D eigenvalue weighted by Crippen LogP contribution is 2.25. The van der Waals surface area contributed by atoms with Gasteiger partial charge in [0.25, 0.3) is 0 Å². The molecule has 0 amide bonds. The van der Waals surface area contributed by atoms with Crippen LogP contribution in [0.2, 0.25) is 0 Å². The molecule has 2 rings (SSSR count). The Hall–Kier alpha value is -2.14. The molecule has 0 saturated heterocycles. The van der Waals surface area contributed by atoms with Crippen molar-refractivity contribution in [2.75, 3.05) is 24.3 Å². The van der Waals surface area contributed by atoms with Gasteiger partial charge >= 0.3 is 0 Å². The van der Waals surface area contributed by atoms with E-state index in [-0.39, 0.29) is 6.61 Å². The Bertz CT molecular complexity index is 532. The summed E-state index contributed by atoms with van der Waals surface area (Å²) in [6.07, 6.45) is 1.48. The van der Waals surface area contributed by atoms with Crippen molar-refractivity contribution in [1.82, 2.24) is 9.97 Å². The Kier molecular flexibility index (Phi) is 3.97. The average molecular weight is 258 g/mol. The third kappa shape index (κ3) is 3.00. The van der Waals surface area contributed by atoms with Crippen molar-refractivity contribution in [3.8, 4) is 0 Å². The van der Waals surface area contributed by atoms with Gasteiger partial charge in [0.2, 0.25) is 0 Å². The van der Waals surface area contributed by atoms with Crippen molar-refractivity contribution >= 4 is 11.6 Å². The fraction of sp³-hybridized carbons (Fsp3) is 0.286. The van der Waals surface area contributed by atoms with Crippen molar-refractivity contribution in [2.45, 2.75) is 12.5 Å². The lowest BCUT2D eigenvalue weighted by atomic mass is 9.93. The van der Waals surface area contributed by atoms with Gasteiger partial charge in [-0.2, -0.15) is 0 Å². The first kappa shape index (κ1) is 13.3. The second kappa shape index (κ2) is 5.67. The molecule has 0 fully saturated rings. The molecular weight excluding hydrogens is 240 g/mol. The van der Waals surface area contributed by atoms with Crippen molar-refractivity contribution in [1.29, 1.82) is 0 Å². The van der Waals surface area contributed by atoms with E-state index < -0.39 is 5.54 Å². The van der Waals surface area contributed by atoms with Crippen LogP contribution < -0.4 is 10.6 Å². The van der Waals surface area contributed by atoms with E-state index in [1.165, 1.54) is 6.33 Å². The molecule has 0 aliphatic carbocycles. The number of benzene rings is 1. The number of aromatic nitrogens is 2. The maximum atomic E-state index is 9.71. The highest BCUT2D eigenvalue weighted by atomic mass is 16.3. The largest absolute Gasteiger partial charge is 0.394 e. The van der Waals surface area contributed by atoms with Crippen LogP contribution in [0, 0.1) is 0 Å². The zero-order valence-electron chi connectivity index (χ0n) is 11.1. The predicted octanol–water partition coefficient (Wildman–Crippen LogP) is 1.84. The molecule has 0 aliphatic heterocycles. The van der Waals surface area contributed by atoms with Gasteiger partial charge in [0.15, 0.2) is 0 Å². The minimum Gasteiger partial charge on any atom is -0.394 e. The summed E-state index contributed by atoms with van der Waals surface area (Å²) in [5.41, 5.74) is 0.419. The molecule has 1 heterocycles. The maximum absolute atomic E-state index is 9.71. The van der Waals surface area contributed by atoms with E-state index in [1.807, 2.05) is 37.3 Å². The van der Waals surface area contributed by atoms with Gasteiger partial charge in [-0.05, 0) is 12.5 Å². The molecule has 1 aromatic carbocycles. The highest BCUT2D eigenvalue weighted by Gasteiger charge is 2.25. The smallest absolute Gasteiger partial charge is 0.132 e. The minimum atomic E-state index is -0.583. The van der Waals surface area contributed by atoms with Gasteiger partial charge in [-0.25, -0.2) is 9.97 Å². The van der Waals surface area contributed by atoms with Crippen molar-refractivity contribution in [2.24, 2.45) is 0 Å². The van der Waals surface area contributed by atoms with Gasteiger partial charge in [0, 0.05) is 13.1 Å². The number of hydrogen-bond acceptors (Lipinski definition) is 5. The van der Waals surface area contributed by atoms with Crippen LogP contribution >= 0.6 is 0 Å². The first-order valence-electron chi connectivity index (χ1n) is 6.12. The number of nitrogens with zero attached hydrogens (tertiary/aromatic N) is 2. The van der Waals surface area contributed by atoms with Gasteiger partial charge < -0.3 is 15.7 Å². The molecule has 2 aromatic rings. The van der Waals surface area contributed by atoms with E-state index in [9.17, 15) is 5.11 Å². The molecule has 1 unspecified atom stereocenters. The number of aliphatic hydroxyl groups excluding tert-OH is 1. The molecule has 100 valence electrons. The standard InChI is InChI=1S/C14H18N4O/c1-14(9-19,11-6-4-3-5-7-11)18-13-8-12(15-2)16-10-17-13/h3-8,10,19H,9H2,1-2H3,(H2,15,16,17,18). The number of rotatable bonds is 5. The van der Waals surface area contributed by atoms with Crippen LogP contribution in [0.4, 0.5) is 11.6 Å². The second-order valence-electron chi connectivity index (χ2n) is 4.52. The molecule has 0 radical (unpaired) electrons. The zero-order chi connectivity index (χ0) is 13.7. The van der Waals surface area contributed by atoms with Crippen LogP contribution in [-0.4, -0.2) is 28.7 Å². The number of aliphatic hydroxyl groups is 1. The third-order valence-corrected chi connectivity index (χ3v) is 3.05. The van der Waals surface area contributed by atoms with Gasteiger partial charge in [0.05, 0.1) is 12.1 Å². The number of nitrogens with one attached hydrogen (secondary N) is 2. The lowest BCUT2D eigenvalue weighted by Crippen LogP contribution is -2.36. The number of anilines is 2. The van der Waals surface area contributed by atoms with Crippen molar-refractivity contribution in [3.63, 3.8) is 0 Å². The Labute approximate surface area is 112 Å². The molecule has 3 N–H and O–H groups in total. The van der Waals surface area contributed by atoms with Crippen LogP contribution in [0.5, 0.6) is 0 Å². The van der Waals surface area contributed by atoms with Crippen LogP contribution in [0.15, 0.2) is 42.7 Å². The molecule has 0 spiro atoms. The van der Waals surface area contributed by atoms with E-state index in [1.54, 1.807) is 13.1 Å². The van der Waals surface area contributed by atoms with Crippen molar-refractivity contribution in [3.05, 3.63) is 48.3 Å². The molecular formula is C14H18N4O. The second-order valence-corrected chi connectivity index (χ2v) is 4.52. The summed E-state index contributed by atoms with van der Waals surface area (Å²) in [4.78, 5) is 8.23. The van der Waals surface area contributed by atoms with Gasteiger partial charge in [-0.15, -0.1) is 0 Å². The third-order valence-electron chi connectivity index (χ3n) is 3.05. The molecule has 0 bridgehead atoms. The van der Waals surface area contributed by atoms with E-state index in [2.05, 4.69) is 20.6 Å². The summed E-state index contributed by atoms with van der Waals surface area (Å²) in [5, 5.41) is 15.9. The molecule has 0 aliphatic rings. The Morgan fingerprint density at radius 3 is 2.47 bits per heavy atom. The molecule has 1 aromatic heterocycles. The summed E-state index contributed by atoms with van der Waals surface area (Å²) >= 11 is 0. The summed E-state index contributed by atoms with van der Waals surface area (Å²) in [6.45, 7) is 1.90. The zero-order valence-corrected chi connectivity index (χ0v) is 11.1. The SMILES string of the molecule is CNc1cc(NC(C)(CO)c2ccccc2)ncn1. The monoisotopic (exact) mass is 258 g/mol. The van der Waals surface area contributed by atoms with E-state index in [0.717, 1.165) is 11.4 Å². The van der Waals surface area contributed by atoms with Gasteiger partial charge in [-0.1, -0.05) is 30.3 Å². The fourth-order valence-corrected chi connectivity index (χ4v) is 1.85. The first-order valence-corrected chi connectivity index (χ1v) is 6.12. The van der Waals surface area contributed by atoms with E-state index in [4.69, 9.17) is 0 Å². The molecule has 0 saturated carbocycles. The summed E-state index contributed by atoms with van der Waals surface area (Å²) in [7, 11) is 1.80. The van der Waals surface area contributed by atoms with Gasteiger partial charge in [-0.3, -0.25) is 0 Å². The highest BCUT2D eigenvalue weighted by molar-refractivity contribution is 5.49. The average Bonchev–Trinajstić information content (AvgIpc) is 2.48. The maximum Gasteiger partial charge on any atom is 0.132 e. The molecule has 5 nitrogen and oxygen atoms in total. The molecule has 19 heavy (non-hydrogen) atoms. The topological polar surface area (TPSA) is 70.1 Å². The number of hydrogen-bond donors (Lipinski definition) is 3. The first-order chi connectivity index (χ1) is 9.18. The van der Waals surface area contributed by atoms with Crippen LogP contribution in [0.1, 0.15) is 12.5 Å². The van der Waals surface area contributed by atoms with Crippen molar-refractivity contribution < 1.29 is 5.11 Å². The van der Waals surface area contributed by atoms with Crippen LogP contribution in [-0.2, 0) is 5.54 Å². The van der Waals surface area contributed by atoms with Gasteiger partial charge in [0.1, 0.15) is 18.0 Å². The van der Waals surface area contributed by atoms with E-state index >= 15 is 0 Å². The minimum absolute atomic E-state index is 0.0318. The van der Waals surface area contributed by atoms with E-state index in [0.29, 0.717) is 5.82 Å². The summed E-state index contributed by atoms with van der Waals surface area (Å²) in [5.74, 6) is 1.39. The Balaban J connectivity index is 2.27. The van der Waals surface area contributed by atoms with Crippen LogP contribution in [0.25, 0.3) is 0 Å². The lowest BCUT2D eigenvalue weighted by Gasteiger charge is -2.30. The Morgan fingerprint density at radius 1 is 1.16 bits per heavy atom. The normalized spacial score (nSPS) is 13.6. The Morgan fingerprint density at radius 2 is 1.84 bits per heavy atom. The fourth-order valence-electron chi connectivity index (χ4n) is 1.85. The summed E-state index contributed by atoms with van der Waals surface area (Å²) in [6, 6.07) is 11.6. The molecule has 5 heteroatoms. The summed E-state index contributed by atoms with van der Waals surface area (Å²) < 4.78 is 0. The predicted molar refractivity (Wildman–Crippen MR) is 76.1 cm³/mol. The molecule has 1 atom stereocenters. The van der Waals surface area contributed by atoms with Crippen LogP contribution in [0.3, 0.4) is 0 Å². The quantitative estimate of drug-likeness (QED) is 0.763. The lowest BCUT2D eigenvalue weighted by molar-refractivity contribution is 0.223.